The molecule has 4 rings (SSSR count). The molecule has 0 aromatic heterocycles. The van der Waals surface area contributed by atoms with Crippen LogP contribution in [0.2, 0.25) is 0 Å². The first-order valence-corrected chi connectivity index (χ1v) is 12.6. The first-order valence-electron chi connectivity index (χ1n) is 11.2. The Morgan fingerprint density at radius 2 is 1.59 bits per heavy atom. The molecule has 1 heterocycles. The van der Waals surface area contributed by atoms with E-state index in [0.29, 0.717) is 50.8 Å². The molecule has 1 amide bonds. The monoisotopic (exact) mass is 483 g/mol. The van der Waals surface area contributed by atoms with Crippen molar-refractivity contribution in [2.24, 2.45) is 0 Å². The number of ether oxygens (including phenoxy) is 2. The minimum Gasteiger partial charge on any atom is -0.497 e. The van der Waals surface area contributed by atoms with Crippen LogP contribution in [0.5, 0.6) is 11.5 Å². The zero-order valence-corrected chi connectivity index (χ0v) is 20.0. The fourth-order valence-electron chi connectivity index (χ4n) is 3.90. The number of nitrogens with one attached hydrogen (secondary N) is 1. The number of carbonyl (C=O) groups is 1. The van der Waals surface area contributed by atoms with Gasteiger partial charge in [-0.1, -0.05) is 30.3 Å². The van der Waals surface area contributed by atoms with Crippen LogP contribution in [0.25, 0.3) is 10.8 Å². The predicted octanol–water partition coefficient (Wildman–Crippen LogP) is 2.35. The summed E-state index contributed by atoms with van der Waals surface area (Å²) in [5.74, 6) is 1.09. The van der Waals surface area contributed by atoms with Gasteiger partial charge in [-0.05, 0) is 47.2 Å². The molecule has 0 aliphatic carbocycles. The van der Waals surface area contributed by atoms with Crippen LogP contribution in [0.1, 0.15) is 0 Å². The number of sulfonamides is 1. The maximum absolute atomic E-state index is 12.9. The van der Waals surface area contributed by atoms with Gasteiger partial charge < -0.3 is 14.8 Å². The molecule has 8 nitrogen and oxygen atoms in total. The lowest BCUT2D eigenvalue weighted by Gasteiger charge is -2.34. The Morgan fingerprint density at radius 1 is 0.912 bits per heavy atom. The number of hydrogen-bond donors (Lipinski definition) is 1. The molecule has 1 saturated heterocycles. The van der Waals surface area contributed by atoms with Crippen LogP contribution in [0.4, 0.5) is 0 Å². The predicted molar refractivity (Wildman–Crippen MR) is 131 cm³/mol. The summed E-state index contributed by atoms with van der Waals surface area (Å²) in [6.45, 7) is 3.12. The summed E-state index contributed by atoms with van der Waals surface area (Å²) >= 11 is 0. The van der Waals surface area contributed by atoms with Gasteiger partial charge in [0, 0.05) is 39.3 Å². The Labute approximate surface area is 200 Å². The van der Waals surface area contributed by atoms with E-state index in [2.05, 4.69) is 10.2 Å². The topological polar surface area (TPSA) is 88.2 Å². The summed E-state index contributed by atoms with van der Waals surface area (Å²) in [6, 6.07) is 20.2. The molecule has 0 saturated carbocycles. The Kier molecular flexibility index (Phi) is 7.66. The van der Waals surface area contributed by atoms with Crippen LogP contribution >= 0.6 is 0 Å². The lowest BCUT2D eigenvalue weighted by atomic mass is 10.1. The maximum Gasteiger partial charge on any atom is 0.257 e. The van der Waals surface area contributed by atoms with E-state index < -0.39 is 10.0 Å². The Bertz CT molecular complexity index is 1220. The van der Waals surface area contributed by atoms with Crippen molar-refractivity contribution in [3.8, 4) is 11.5 Å². The number of benzene rings is 3. The standard InChI is InChI=1S/C25H29N3O5S/c1-32-22-8-10-24(11-9-22)34(30,31)28-16-14-27(15-17-28)13-12-26-25(29)19-33-23-7-6-20-4-2-3-5-21(20)18-23/h2-11,18H,12-17,19H2,1H3,(H,26,29). The molecule has 3 aromatic rings. The fourth-order valence-corrected chi connectivity index (χ4v) is 5.32. The van der Waals surface area contributed by atoms with Crippen LogP contribution in [-0.2, 0) is 14.8 Å². The number of rotatable bonds is 9. The summed E-state index contributed by atoms with van der Waals surface area (Å²) in [4.78, 5) is 14.6. The number of methoxy groups -OCH3 is 1. The van der Waals surface area contributed by atoms with E-state index in [9.17, 15) is 13.2 Å². The molecule has 1 N–H and O–H groups in total. The van der Waals surface area contributed by atoms with E-state index in [0.717, 1.165) is 10.8 Å². The highest BCUT2D eigenvalue weighted by Crippen LogP contribution is 2.21. The van der Waals surface area contributed by atoms with Crippen molar-refractivity contribution in [2.75, 3.05) is 53.0 Å². The summed E-state index contributed by atoms with van der Waals surface area (Å²) in [5, 5.41) is 5.05. The number of hydrogen-bond acceptors (Lipinski definition) is 6. The van der Waals surface area contributed by atoms with Crippen LogP contribution in [0.15, 0.2) is 71.6 Å². The average Bonchev–Trinajstić information content (AvgIpc) is 2.87. The van der Waals surface area contributed by atoms with Gasteiger partial charge >= 0.3 is 0 Å². The molecule has 180 valence electrons. The maximum atomic E-state index is 12.9. The summed E-state index contributed by atoms with van der Waals surface area (Å²) in [5.41, 5.74) is 0. The molecule has 0 spiro atoms. The molecule has 0 radical (unpaired) electrons. The molecule has 0 unspecified atom stereocenters. The van der Waals surface area contributed by atoms with E-state index >= 15 is 0 Å². The lowest BCUT2D eigenvalue weighted by molar-refractivity contribution is -0.123. The number of amides is 1. The van der Waals surface area contributed by atoms with E-state index in [1.807, 2.05) is 42.5 Å². The van der Waals surface area contributed by atoms with Crippen LogP contribution in [-0.4, -0.2) is 76.5 Å². The van der Waals surface area contributed by atoms with Crippen LogP contribution < -0.4 is 14.8 Å². The van der Waals surface area contributed by atoms with E-state index in [1.165, 1.54) is 4.31 Å². The molecule has 0 bridgehead atoms. The van der Waals surface area contributed by atoms with Gasteiger partial charge in [-0.2, -0.15) is 4.31 Å². The molecule has 3 aromatic carbocycles. The normalized spacial score (nSPS) is 15.2. The van der Waals surface area contributed by atoms with Crippen LogP contribution in [0, 0.1) is 0 Å². The fraction of sp³-hybridized carbons (Fsp3) is 0.320. The van der Waals surface area contributed by atoms with Crippen LogP contribution in [0.3, 0.4) is 0 Å². The number of piperazine rings is 1. The highest BCUT2D eigenvalue weighted by Gasteiger charge is 2.28. The first kappa shape index (κ1) is 24.0. The van der Waals surface area contributed by atoms with Crippen molar-refractivity contribution >= 4 is 26.7 Å². The molecule has 1 aliphatic heterocycles. The Balaban J connectivity index is 1.17. The molecule has 1 aliphatic rings. The number of carbonyl (C=O) groups excluding carboxylic acids is 1. The second-order valence-corrected chi connectivity index (χ2v) is 10.0. The molecule has 0 atom stereocenters. The van der Waals surface area contributed by atoms with Crippen molar-refractivity contribution in [3.05, 3.63) is 66.7 Å². The Hall–Kier alpha value is -3.14. The number of nitrogens with zero attached hydrogens (tertiary/aromatic N) is 2. The smallest absolute Gasteiger partial charge is 0.257 e. The average molecular weight is 484 g/mol. The molecule has 1 fully saturated rings. The van der Waals surface area contributed by atoms with Gasteiger partial charge in [0.05, 0.1) is 12.0 Å². The van der Waals surface area contributed by atoms with Gasteiger partial charge in [-0.3, -0.25) is 9.69 Å². The van der Waals surface area contributed by atoms with Gasteiger partial charge in [-0.15, -0.1) is 0 Å². The minimum atomic E-state index is -3.53. The van der Waals surface area contributed by atoms with Gasteiger partial charge in [0.1, 0.15) is 11.5 Å². The van der Waals surface area contributed by atoms with Crippen molar-refractivity contribution in [1.82, 2.24) is 14.5 Å². The van der Waals surface area contributed by atoms with Crippen molar-refractivity contribution in [1.29, 1.82) is 0 Å². The van der Waals surface area contributed by atoms with E-state index in [-0.39, 0.29) is 17.4 Å². The van der Waals surface area contributed by atoms with Crippen molar-refractivity contribution in [3.63, 3.8) is 0 Å². The molecule has 34 heavy (non-hydrogen) atoms. The van der Waals surface area contributed by atoms with Gasteiger partial charge in [0.15, 0.2) is 6.61 Å². The second kappa shape index (κ2) is 10.9. The van der Waals surface area contributed by atoms with E-state index in [4.69, 9.17) is 9.47 Å². The van der Waals surface area contributed by atoms with Gasteiger partial charge in [0.25, 0.3) is 5.91 Å². The first-order chi connectivity index (χ1) is 16.5. The van der Waals surface area contributed by atoms with Crippen molar-refractivity contribution in [2.45, 2.75) is 4.90 Å². The Morgan fingerprint density at radius 3 is 2.29 bits per heavy atom. The largest absolute Gasteiger partial charge is 0.497 e. The third-order valence-electron chi connectivity index (χ3n) is 5.87. The quantitative estimate of drug-likeness (QED) is 0.503. The molecular weight excluding hydrogens is 454 g/mol. The molecule has 9 heteroatoms. The van der Waals surface area contributed by atoms with E-state index in [1.54, 1.807) is 31.4 Å². The highest BCUT2D eigenvalue weighted by molar-refractivity contribution is 7.89. The number of fused-ring (bicyclic) bond motifs is 1. The zero-order valence-electron chi connectivity index (χ0n) is 19.1. The highest BCUT2D eigenvalue weighted by atomic mass is 32.2. The molecular formula is C25H29N3O5S. The van der Waals surface area contributed by atoms with Gasteiger partial charge in [0.2, 0.25) is 10.0 Å². The van der Waals surface area contributed by atoms with Crippen molar-refractivity contribution < 1.29 is 22.7 Å². The summed E-state index contributed by atoms with van der Waals surface area (Å²) in [6.07, 6.45) is 0. The summed E-state index contributed by atoms with van der Waals surface area (Å²) < 4.78 is 37.9. The summed E-state index contributed by atoms with van der Waals surface area (Å²) in [7, 11) is -1.98. The SMILES string of the molecule is COc1ccc(S(=O)(=O)N2CCN(CCNC(=O)COc3ccc4ccccc4c3)CC2)cc1. The third kappa shape index (κ3) is 5.85. The minimum absolute atomic E-state index is 0.0494. The van der Waals surface area contributed by atoms with Gasteiger partial charge in [-0.25, -0.2) is 8.42 Å². The third-order valence-corrected chi connectivity index (χ3v) is 7.78. The lowest BCUT2D eigenvalue weighted by Crippen LogP contribution is -2.50. The second-order valence-electron chi connectivity index (χ2n) is 8.07. The zero-order chi connectivity index (χ0) is 24.0.